The molecule has 6 heteroatoms. The van der Waals surface area contributed by atoms with Gasteiger partial charge in [0.15, 0.2) is 6.29 Å². The van der Waals surface area contributed by atoms with Gasteiger partial charge in [-0.05, 0) is 37.0 Å². The number of rotatable bonds is 5. The van der Waals surface area contributed by atoms with Crippen molar-refractivity contribution in [3.05, 3.63) is 41.7 Å². The van der Waals surface area contributed by atoms with Gasteiger partial charge in [-0.1, -0.05) is 17.3 Å². The molecule has 0 saturated carbocycles. The number of ether oxygens (including phenoxy) is 2. The summed E-state index contributed by atoms with van der Waals surface area (Å²) in [5.41, 5.74) is 2.83. The molecular weight excluding hydrogens is 290 g/mol. The molecule has 0 aliphatic carbocycles. The molecule has 0 radical (unpaired) electrons. The highest BCUT2D eigenvalue weighted by atomic mass is 35.5. The highest BCUT2D eigenvalue weighted by Crippen LogP contribution is 2.15. The third kappa shape index (κ3) is 3.81. The summed E-state index contributed by atoms with van der Waals surface area (Å²) in [6.07, 6.45) is 5.00. The summed E-state index contributed by atoms with van der Waals surface area (Å²) in [5.74, 6) is 0.512. The third-order valence-corrected chi connectivity index (χ3v) is 3.76. The molecule has 2 heterocycles. The minimum Gasteiger partial charge on any atom is -0.353 e. The largest absolute Gasteiger partial charge is 0.353 e. The number of benzene rings is 1. The van der Waals surface area contributed by atoms with E-state index in [0.717, 1.165) is 42.8 Å². The fraction of sp³-hybridized carbons (Fsp3) is 0.467. The second kappa shape index (κ2) is 7.02. The predicted octanol–water partition coefficient (Wildman–Crippen LogP) is 3.05. The van der Waals surface area contributed by atoms with Crippen LogP contribution in [0.1, 0.15) is 30.5 Å². The van der Waals surface area contributed by atoms with Crippen LogP contribution in [-0.2, 0) is 22.0 Å². The average Bonchev–Trinajstić information content (AvgIpc) is 3.03. The molecule has 1 saturated heterocycles. The Morgan fingerprint density at radius 1 is 1.29 bits per heavy atom. The maximum absolute atomic E-state index is 5.78. The lowest BCUT2D eigenvalue weighted by molar-refractivity contribution is -0.169. The van der Waals surface area contributed by atoms with Crippen LogP contribution in [0.5, 0.6) is 0 Å². The molecule has 0 spiro atoms. The van der Waals surface area contributed by atoms with Crippen LogP contribution in [0.15, 0.2) is 30.5 Å². The normalized spacial score (nSPS) is 18.8. The van der Waals surface area contributed by atoms with E-state index in [2.05, 4.69) is 10.3 Å². The molecular formula is C15H18ClN3O2. The molecule has 0 N–H and O–H groups in total. The SMILES string of the molecule is ClCc1ccc(-n2cc(COC3CCCCO3)nn2)cc1. The standard InChI is InChI=1S/C15H18ClN3O2/c16-9-12-4-6-14(7-5-12)19-10-13(17-18-19)11-21-15-3-1-2-8-20-15/h4-7,10,15H,1-3,8-9,11H2. The van der Waals surface area contributed by atoms with E-state index in [4.69, 9.17) is 21.1 Å². The Morgan fingerprint density at radius 3 is 2.86 bits per heavy atom. The lowest BCUT2D eigenvalue weighted by Gasteiger charge is -2.22. The number of hydrogen-bond acceptors (Lipinski definition) is 4. The molecule has 1 fully saturated rings. The summed E-state index contributed by atoms with van der Waals surface area (Å²) in [6, 6.07) is 7.91. The van der Waals surface area contributed by atoms with Crippen molar-refractivity contribution >= 4 is 11.6 Å². The van der Waals surface area contributed by atoms with Gasteiger partial charge in [-0.3, -0.25) is 0 Å². The van der Waals surface area contributed by atoms with E-state index >= 15 is 0 Å². The minimum atomic E-state index is -0.105. The topological polar surface area (TPSA) is 49.2 Å². The third-order valence-electron chi connectivity index (χ3n) is 3.45. The molecule has 1 aliphatic heterocycles. The van der Waals surface area contributed by atoms with E-state index in [1.165, 1.54) is 0 Å². The summed E-state index contributed by atoms with van der Waals surface area (Å²) < 4.78 is 13.0. The van der Waals surface area contributed by atoms with Crippen LogP contribution in [-0.4, -0.2) is 27.9 Å². The van der Waals surface area contributed by atoms with Crippen molar-refractivity contribution < 1.29 is 9.47 Å². The van der Waals surface area contributed by atoms with Crippen molar-refractivity contribution in [1.82, 2.24) is 15.0 Å². The van der Waals surface area contributed by atoms with Gasteiger partial charge in [-0.15, -0.1) is 16.7 Å². The van der Waals surface area contributed by atoms with Crippen LogP contribution < -0.4 is 0 Å². The zero-order chi connectivity index (χ0) is 14.5. The number of nitrogens with zero attached hydrogens (tertiary/aromatic N) is 3. The predicted molar refractivity (Wildman–Crippen MR) is 79.3 cm³/mol. The van der Waals surface area contributed by atoms with Gasteiger partial charge in [0, 0.05) is 12.5 Å². The van der Waals surface area contributed by atoms with Crippen LogP contribution in [0.25, 0.3) is 5.69 Å². The van der Waals surface area contributed by atoms with Crippen LogP contribution in [0, 0.1) is 0 Å². The zero-order valence-corrected chi connectivity index (χ0v) is 12.5. The molecule has 3 rings (SSSR count). The lowest BCUT2D eigenvalue weighted by Crippen LogP contribution is -2.22. The maximum Gasteiger partial charge on any atom is 0.158 e. The quantitative estimate of drug-likeness (QED) is 0.797. The van der Waals surface area contributed by atoms with Crippen molar-refractivity contribution in [3.8, 4) is 5.69 Å². The zero-order valence-electron chi connectivity index (χ0n) is 11.7. The highest BCUT2D eigenvalue weighted by molar-refractivity contribution is 6.17. The fourth-order valence-electron chi connectivity index (χ4n) is 2.25. The molecule has 1 aromatic heterocycles. The van der Waals surface area contributed by atoms with Crippen molar-refractivity contribution in [2.75, 3.05) is 6.61 Å². The molecule has 112 valence electrons. The van der Waals surface area contributed by atoms with Gasteiger partial charge >= 0.3 is 0 Å². The first kappa shape index (κ1) is 14.5. The molecule has 21 heavy (non-hydrogen) atoms. The van der Waals surface area contributed by atoms with E-state index < -0.39 is 0 Å². The van der Waals surface area contributed by atoms with E-state index in [-0.39, 0.29) is 6.29 Å². The molecule has 1 unspecified atom stereocenters. The molecule has 5 nitrogen and oxygen atoms in total. The van der Waals surface area contributed by atoms with E-state index in [9.17, 15) is 0 Å². The van der Waals surface area contributed by atoms with Gasteiger partial charge < -0.3 is 9.47 Å². The van der Waals surface area contributed by atoms with Gasteiger partial charge in [0.25, 0.3) is 0 Å². The Labute approximate surface area is 128 Å². The summed E-state index contributed by atoms with van der Waals surface area (Å²) in [5, 5.41) is 8.24. The summed E-state index contributed by atoms with van der Waals surface area (Å²) in [4.78, 5) is 0. The van der Waals surface area contributed by atoms with Gasteiger partial charge in [0.1, 0.15) is 5.69 Å². The molecule has 0 amide bonds. The van der Waals surface area contributed by atoms with Crippen LogP contribution in [0.2, 0.25) is 0 Å². The first-order valence-corrected chi connectivity index (χ1v) is 7.68. The second-order valence-electron chi connectivity index (χ2n) is 5.06. The summed E-state index contributed by atoms with van der Waals surface area (Å²) in [6.45, 7) is 1.20. The Bertz CT molecular complexity index is 565. The van der Waals surface area contributed by atoms with Crippen LogP contribution >= 0.6 is 11.6 Å². The molecule has 1 aromatic carbocycles. The van der Waals surface area contributed by atoms with Crippen molar-refractivity contribution in [2.45, 2.75) is 38.0 Å². The first-order chi connectivity index (χ1) is 10.3. The minimum absolute atomic E-state index is 0.105. The monoisotopic (exact) mass is 307 g/mol. The Hall–Kier alpha value is -1.43. The molecule has 0 bridgehead atoms. The average molecular weight is 308 g/mol. The van der Waals surface area contributed by atoms with Crippen molar-refractivity contribution in [1.29, 1.82) is 0 Å². The van der Waals surface area contributed by atoms with E-state index in [0.29, 0.717) is 12.5 Å². The van der Waals surface area contributed by atoms with Gasteiger partial charge in [-0.25, -0.2) is 4.68 Å². The fourth-order valence-corrected chi connectivity index (χ4v) is 2.43. The lowest BCUT2D eigenvalue weighted by atomic mass is 10.2. The van der Waals surface area contributed by atoms with E-state index in [1.54, 1.807) is 4.68 Å². The number of halogens is 1. The first-order valence-electron chi connectivity index (χ1n) is 7.15. The number of alkyl halides is 1. The Morgan fingerprint density at radius 2 is 2.14 bits per heavy atom. The highest BCUT2D eigenvalue weighted by Gasteiger charge is 2.14. The van der Waals surface area contributed by atoms with Crippen molar-refractivity contribution in [3.63, 3.8) is 0 Å². The van der Waals surface area contributed by atoms with Crippen molar-refractivity contribution in [2.24, 2.45) is 0 Å². The second-order valence-corrected chi connectivity index (χ2v) is 5.33. The maximum atomic E-state index is 5.78. The Kier molecular flexibility index (Phi) is 4.85. The molecule has 1 aliphatic rings. The van der Waals surface area contributed by atoms with Gasteiger partial charge in [-0.2, -0.15) is 0 Å². The smallest absolute Gasteiger partial charge is 0.158 e. The summed E-state index contributed by atoms with van der Waals surface area (Å²) in [7, 11) is 0. The van der Waals surface area contributed by atoms with E-state index in [1.807, 2.05) is 30.5 Å². The van der Waals surface area contributed by atoms with Crippen LogP contribution in [0.3, 0.4) is 0 Å². The number of aromatic nitrogens is 3. The van der Waals surface area contributed by atoms with Gasteiger partial charge in [0.05, 0.1) is 18.5 Å². The van der Waals surface area contributed by atoms with Gasteiger partial charge in [0.2, 0.25) is 0 Å². The Balaban J connectivity index is 1.59. The molecule has 2 aromatic rings. The number of hydrogen-bond donors (Lipinski definition) is 0. The summed E-state index contributed by atoms with van der Waals surface area (Å²) >= 11 is 5.78. The molecule has 1 atom stereocenters. The van der Waals surface area contributed by atoms with Crippen LogP contribution in [0.4, 0.5) is 0 Å².